The van der Waals surface area contributed by atoms with E-state index in [1.807, 2.05) is 4.90 Å². The van der Waals surface area contributed by atoms with Crippen molar-refractivity contribution in [2.45, 2.75) is 55.8 Å². The van der Waals surface area contributed by atoms with Crippen molar-refractivity contribution in [3.8, 4) is 5.75 Å². The molecule has 2 aromatic rings. The Morgan fingerprint density at radius 1 is 1.03 bits per heavy atom. The molecule has 1 aromatic carbocycles. The van der Waals surface area contributed by atoms with Gasteiger partial charge in [0, 0.05) is 55.7 Å². The summed E-state index contributed by atoms with van der Waals surface area (Å²) in [6.45, 7) is 2.25. The third-order valence-corrected chi connectivity index (χ3v) is 6.85. The number of likely N-dealkylation sites (tertiary alicyclic amines) is 2. The second kappa shape index (κ2) is 8.55. The summed E-state index contributed by atoms with van der Waals surface area (Å²) >= 11 is 0. The Morgan fingerprint density at radius 2 is 1.76 bits per heavy atom. The summed E-state index contributed by atoms with van der Waals surface area (Å²) in [5.74, 6) is 0.318. The summed E-state index contributed by atoms with van der Waals surface area (Å²) in [4.78, 5) is 16.9. The normalized spacial score (nSPS) is 26.0. The fourth-order valence-electron chi connectivity index (χ4n) is 4.98. The van der Waals surface area contributed by atoms with E-state index in [0.717, 1.165) is 29.8 Å². The number of H-pyrrole nitrogens is 1. The minimum Gasteiger partial charge on any atom is -0.406 e. The molecule has 2 saturated heterocycles. The molecule has 2 aliphatic heterocycles. The summed E-state index contributed by atoms with van der Waals surface area (Å²) < 4.78 is 41.6. The van der Waals surface area contributed by atoms with Crippen LogP contribution in [-0.4, -0.2) is 64.6 Å². The van der Waals surface area contributed by atoms with Crippen LogP contribution in [0.25, 0.3) is 0 Å². The third kappa shape index (κ3) is 5.10. The number of alkyl halides is 3. The molecule has 3 aliphatic rings. The van der Waals surface area contributed by atoms with Crippen LogP contribution in [-0.2, 0) is 0 Å². The van der Waals surface area contributed by atoms with E-state index in [2.05, 4.69) is 21.0 Å². The number of nitrogens with one attached hydrogen (secondary N) is 1. The molecule has 0 spiro atoms. The van der Waals surface area contributed by atoms with Crippen LogP contribution in [0.2, 0.25) is 0 Å². The molecule has 178 valence electrons. The maximum Gasteiger partial charge on any atom is 0.573 e. The zero-order chi connectivity index (χ0) is 23.2. The lowest BCUT2D eigenvalue weighted by molar-refractivity contribution is -0.274. The van der Waals surface area contributed by atoms with Crippen LogP contribution < -0.4 is 10.5 Å². The largest absolute Gasteiger partial charge is 0.573 e. The molecule has 3 atom stereocenters. The number of hydrogen-bond acceptors (Lipinski definition) is 4. The van der Waals surface area contributed by atoms with E-state index in [1.54, 1.807) is 17.0 Å². The van der Waals surface area contributed by atoms with Crippen molar-refractivity contribution in [2.24, 2.45) is 5.73 Å². The number of aromatic amines is 1. The molecule has 33 heavy (non-hydrogen) atoms. The molecule has 3 N–H and O–H groups in total. The third-order valence-electron chi connectivity index (χ3n) is 6.85. The van der Waals surface area contributed by atoms with Crippen LogP contribution in [0.15, 0.2) is 30.3 Å². The first-order valence-electron chi connectivity index (χ1n) is 11.5. The lowest BCUT2D eigenvalue weighted by Gasteiger charge is -2.39. The molecule has 1 saturated carbocycles. The Morgan fingerprint density at radius 3 is 2.39 bits per heavy atom. The number of carbonyl (C=O) groups excluding carboxylic acids is 1. The molecular weight excluding hydrogens is 435 g/mol. The average molecular weight is 464 g/mol. The van der Waals surface area contributed by atoms with Gasteiger partial charge in [-0.3, -0.25) is 5.10 Å². The zero-order valence-corrected chi connectivity index (χ0v) is 18.2. The van der Waals surface area contributed by atoms with Crippen molar-refractivity contribution in [3.63, 3.8) is 0 Å². The summed E-state index contributed by atoms with van der Waals surface area (Å²) in [6, 6.07) is 8.05. The van der Waals surface area contributed by atoms with E-state index in [9.17, 15) is 18.0 Å². The van der Waals surface area contributed by atoms with Gasteiger partial charge in [-0.2, -0.15) is 5.10 Å². The van der Waals surface area contributed by atoms with Crippen LogP contribution >= 0.6 is 0 Å². The second-order valence-electron chi connectivity index (χ2n) is 9.45. The second-order valence-corrected chi connectivity index (χ2v) is 9.45. The standard InChI is InChI=1S/C23H28F3N5O2/c24-23(25,26)33-19-5-3-14(4-6-19)16-9-17(21-10-20(28-29-21)15-1-2-15)12-31(11-16)22(32)30-8-7-18(27)13-30/h3-6,10,15-18H,1-2,7-9,11-13,27H2,(H,28,29). The van der Waals surface area contributed by atoms with Crippen LogP contribution in [0.1, 0.15) is 60.4 Å². The Bertz CT molecular complexity index is 989. The number of benzene rings is 1. The van der Waals surface area contributed by atoms with Gasteiger partial charge in [0.1, 0.15) is 5.75 Å². The molecule has 5 rings (SSSR count). The number of hydrogen-bond donors (Lipinski definition) is 2. The van der Waals surface area contributed by atoms with Crippen LogP contribution in [0, 0.1) is 0 Å². The molecule has 3 fully saturated rings. The predicted octanol–water partition coefficient (Wildman–Crippen LogP) is 3.91. The number of nitrogens with two attached hydrogens (primary N) is 1. The van der Waals surface area contributed by atoms with Gasteiger partial charge in [-0.05, 0) is 49.4 Å². The number of nitrogens with zero attached hydrogens (tertiary/aromatic N) is 3. The van der Waals surface area contributed by atoms with Crippen molar-refractivity contribution < 1.29 is 22.7 Å². The monoisotopic (exact) mass is 463 g/mol. The van der Waals surface area contributed by atoms with Crippen LogP contribution in [0.5, 0.6) is 5.75 Å². The molecule has 10 heteroatoms. The van der Waals surface area contributed by atoms with Gasteiger partial charge in [0.05, 0.1) is 5.69 Å². The maximum absolute atomic E-state index is 13.3. The fourth-order valence-corrected chi connectivity index (χ4v) is 4.98. The highest BCUT2D eigenvalue weighted by molar-refractivity contribution is 5.75. The number of rotatable bonds is 4. The van der Waals surface area contributed by atoms with Crippen LogP contribution in [0.4, 0.5) is 18.0 Å². The first-order valence-corrected chi connectivity index (χ1v) is 11.5. The lowest BCUT2D eigenvalue weighted by atomic mass is 9.83. The number of halogens is 3. The van der Waals surface area contributed by atoms with Gasteiger partial charge in [0.15, 0.2) is 0 Å². The molecular formula is C23H28F3N5O2. The molecule has 0 bridgehead atoms. The SMILES string of the molecule is NC1CCN(C(=O)N2CC(c3ccc(OC(F)(F)F)cc3)CC(c3cc(C4CC4)[nH]n3)C2)C1. The molecule has 1 aliphatic carbocycles. The van der Waals surface area contributed by atoms with E-state index >= 15 is 0 Å². The molecule has 1 aromatic heterocycles. The van der Waals surface area contributed by atoms with Gasteiger partial charge in [-0.15, -0.1) is 13.2 Å². The molecule has 0 radical (unpaired) electrons. The highest BCUT2D eigenvalue weighted by Gasteiger charge is 2.37. The number of aromatic nitrogens is 2. The van der Waals surface area contributed by atoms with Crippen molar-refractivity contribution >= 4 is 6.03 Å². The average Bonchev–Trinajstić information content (AvgIpc) is 3.34. The van der Waals surface area contributed by atoms with Crippen molar-refractivity contribution in [2.75, 3.05) is 26.2 Å². The van der Waals surface area contributed by atoms with Crippen molar-refractivity contribution in [1.82, 2.24) is 20.0 Å². The first kappa shape index (κ1) is 22.1. The minimum atomic E-state index is -4.73. The highest BCUT2D eigenvalue weighted by atomic mass is 19.4. The van der Waals surface area contributed by atoms with Gasteiger partial charge >= 0.3 is 12.4 Å². The Kier molecular flexibility index (Phi) is 5.72. The highest BCUT2D eigenvalue weighted by Crippen LogP contribution is 2.41. The topological polar surface area (TPSA) is 87.5 Å². The van der Waals surface area contributed by atoms with Crippen molar-refractivity contribution in [3.05, 3.63) is 47.3 Å². The zero-order valence-electron chi connectivity index (χ0n) is 18.2. The van der Waals surface area contributed by atoms with Gasteiger partial charge in [0.25, 0.3) is 0 Å². The van der Waals surface area contributed by atoms with Gasteiger partial charge in [0.2, 0.25) is 0 Å². The van der Waals surface area contributed by atoms with E-state index in [-0.39, 0.29) is 29.7 Å². The maximum atomic E-state index is 13.3. The molecule has 3 unspecified atom stereocenters. The van der Waals surface area contributed by atoms with E-state index < -0.39 is 6.36 Å². The minimum absolute atomic E-state index is 0.000970. The van der Waals surface area contributed by atoms with Gasteiger partial charge < -0.3 is 20.3 Å². The number of amides is 2. The van der Waals surface area contributed by atoms with E-state index in [0.29, 0.717) is 32.1 Å². The Hall–Kier alpha value is -2.75. The molecule has 3 heterocycles. The van der Waals surface area contributed by atoms with Crippen LogP contribution in [0.3, 0.4) is 0 Å². The Balaban J connectivity index is 1.36. The quantitative estimate of drug-likeness (QED) is 0.720. The number of urea groups is 1. The first-order chi connectivity index (χ1) is 15.7. The summed E-state index contributed by atoms with van der Waals surface area (Å²) in [5, 5.41) is 7.70. The van der Waals surface area contributed by atoms with Gasteiger partial charge in [-0.25, -0.2) is 4.79 Å². The summed E-state index contributed by atoms with van der Waals surface area (Å²) in [5.41, 5.74) is 8.97. The molecule has 2 amide bonds. The van der Waals surface area contributed by atoms with Crippen molar-refractivity contribution in [1.29, 1.82) is 0 Å². The smallest absolute Gasteiger partial charge is 0.406 e. The summed E-state index contributed by atoms with van der Waals surface area (Å²) in [6.07, 6.45) is -0.840. The van der Waals surface area contributed by atoms with E-state index in [4.69, 9.17) is 5.73 Å². The van der Waals surface area contributed by atoms with E-state index in [1.165, 1.54) is 25.0 Å². The molecule has 7 nitrogen and oxygen atoms in total. The number of piperidine rings is 1. The van der Waals surface area contributed by atoms with Gasteiger partial charge in [-0.1, -0.05) is 12.1 Å². The Labute approximate surface area is 190 Å². The number of carbonyl (C=O) groups is 1. The summed E-state index contributed by atoms with van der Waals surface area (Å²) in [7, 11) is 0. The predicted molar refractivity (Wildman–Crippen MR) is 115 cm³/mol. The number of ether oxygens (including phenoxy) is 1. The lowest BCUT2D eigenvalue weighted by Crippen LogP contribution is -2.48. The fraction of sp³-hybridized carbons (Fsp3) is 0.565.